The summed E-state index contributed by atoms with van der Waals surface area (Å²) in [4.78, 5) is 31.8. The molecule has 2 aromatic heterocycles. The van der Waals surface area contributed by atoms with Gasteiger partial charge in [0, 0.05) is 19.3 Å². The van der Waals surface area contributed by atoms with E-state index in [9.17, 15) is 18.4 Å². The number of alkyl carbamates (subject to hydrolysis) is 1. The molecule has 3 rings (SSSR count). The molecule has 1 unspecified atom stereocenters. The lowest BCUT2D eigenvalue weighted by Gasteiger charge is -2.21. The van der Waals surface area contributed by atoms with Crippen molar-refractivity contribution in [2.75, 3.05) is 7.05 Å². The van der Waals surface area contributed by atoms with Crippen molar-refractivity contribution in [1.82, 2.24) is 25.6 Å². The van der Waals surface area contributed by atoms with Crippen LogP contribution in [-0.2, 0) is 4.74 Å². The van der Waals surface area contributed by atoms with E-state index in [-0.39, 0.29) is 34.7 Å². The molecule has 2 heterocycles. The zero-order valence-corrected chi connectivity index (χ0v) is 17.4. The fourth-order valence-electron chi connectivity index (χ4n) is 2.72. The summed E-state index contributed by atoms with van der Waals surface area (Å²) in [5.41, 5.74) is 6.46. The molecular weight excluding hydrogens is 424 g/mol. The van der Waals surface area contributed by atoms with E-state index in [4.69, 9.17) is 16.3 Å². The molecule has 1 atom stereocenters. The fraction of sp³-hybridized carbons (Fsp3) is 0.300. The summed E-state index contributed by atoms with van der Waals surface area (Å²) in [7, 11) is 1.42. The fourth-order valence-corrected chi connectivity index (χ4v) is 2.72. The molecule has 0 bridgehead atoms. The predicted octanol–water partition coefficient (Wildman–Crippen LogP) is 1.52. The standard InChI is InChI=1S/C20H23F2N7O3/c1-10(14-7-12(21)9-26-17(14)22)32-20(31)28-18(29(2)24)16(23)15-6-3-11(8-25-15)19(30)27-13-4-5-13/h3,6-10,13H,4-5,23-24H2,1-2H3,(H,27,30)(H,28,31)/b18-16-. The van der Waals surface area contributed by atoms with Gasteiger partial charge in [-0.15, -0.1) is 0 Å². The molecule has 1 aliphatic carbocycles. The Morgan fingerprint density at radius 3 is 2.56 bits per heavy atom. The molecule has 0 aromatic carbocycles. The normalized spacial score (nSPS) is 14.8. The Balaban J connectivity index is 1.72. The maximum absolute atomic E-state index is 13.8. The number of rotatable bonds is 7. The summed E-state index contributed by atoms with van der Waals surface area (Å²) in [6.45, 7) is 1.35. The van der Waals surface area contributed by atoms with Gasteiger partial charge in [0.2, 0.25) is 5.95 Å². The lowest BCUT2D eigenvalue weighted by atomic mass is 10.2. The Hall–Kier alpha value is -3.80. The van der Waals surface area contributed by atoms with Crippen LogP contribution in [0, 0.1) is 11.8 Å². The maximum Gasteiger partial charge on any atom is 0.413 e. The summed E-state index contributed by atoms with van der Waals surface area (Å²) in [6.07, 6.45) is 1.82. The molecule has 0 saturated heterocycles. The van der Waals surface area contributed by atoms with Gasteiger partial charge in [0.25, 0.3) is 5.91 Å². The second kappa shape index (κ2) is 9.56. The first-order valence-electron chi connectivity index (χ1n) is 9.69. The second-order valence-electron chi connectivity index (χ2n) is 7.26. The Morgan fingerprint density at radius 2 is 1.97 bits per heavy atom. The molecule has 0 radical (unpaired) electrons. The molecule has 1 saturated carbocycles. The van der Waals surface area contributed by atoms with Gasteiger partial charge < -0.3 is 15.8 Å². The Bertz CT molecular complexity index is 1040. The van der Waals surface area contributed by atoms with Crippen LogP contribution in [0.1, 0.15) is 47.5 Å². The average molecular weight is 447 g/mol. The number of nitrogens with two attached hydrogens (primary N) is 2. The number of pyridine rings is 2. The molecule has 12 heteroatoms. The maximum atomic E-state index is 13.8. The third kappa shape index (κ3) is 5.66. The van der Waals surface area contributed by atoms with E-state index >= 15 is 0 Å². The summed E-state index contributed by atoms with van der Waals surface area (Å²) in [6, 6.07) is 4.13. The number of carbonyl (C=O) groups is 2. The zero-order valence-electron chi connectivity index (χ0n) is 17.4. The quantitative estimate of drug-likeness (QED) is 0.284. The summed E-state index contributed by atoms with van der Waals surface area (Å²) >= 11 is 0. The highest BCUT2D eigenvalue weighted by Gasteiger charge is 2.24. The van der Waals surface area contributed by atoms with E-state index in [1.807, 2.05) is 0 Å². The third-order valence-electron chi connectivity index (χ3n) is 4.60. The number of aromatic nitrogens is 2. The van der Waals surface area contributed by atoms with Crippen LogP contribution in [0.15, 0.2) is 36.4 Å². The largest absolute Gasteiger partial charge is 0.441 e. The molecule has 6 N–H and O–H groups in total. The minimum atomic E-state index is -1.15. The molecule has 0 aliphatic heterocycles. The molecule has 1 aliphatic rings. The number of ether oxygens (including phenoxy) is 1. The topological polar surface area (TPSA) is 148 Å². The van der Waals surface area contributed by atoms with Crippen LogP contribution < -0.4 is 22.2 Å². The van der Waals surface area contributed by atoms with Crippen LogP contribution in [-0.4, -0.2) is 40.1 Å². The number of nitrogens with zero attached hydrogens (tertiary/aromatic N) is 3. The predicted molar refractivity (Wildman–Crippen MR) is 110 cm³/mol. The Kier molecular flexibility index (Phi) is 6.83. The van der Waals surface area contributed by atoms with Crippen molar-refractivity contribution in [3.63, 3.8) is 0 Å². The van der Waals surface area contributed by atoms with Gasteiger partial charge in [-0.1, -0.05) is 0 Å². The lowest BCUT2D eigenvalue weighted by molar-refractivity contribution is 0.0950. The van der Waals surface area contributed by atoms with Crippen molar-refractivity contribution in [2.45, 2.75) is 31.9 Å². The van der Waals surface area contributed by atoms with Crippen molar-refractivity contribution in [2.24, 2.45) is 11.6 Å². The number of hydrazine groups is 1. The van der Waals surface area contributed by atoms with Crippen LogP contribution in [0.5, 0.6) is 0 Å². The van der Waals surface area contributed by atoms with Crippen molar-refractivity contribution in [1.29, 1.82) is 0 Å². The molecule has 1 fully saturated rings. The molecule has 0 spiro atoms. The van der Waals surface area contributed by atoms with E-state index in [1.165, 1.54) is 26.2 Å². The zero-order chi connectivity index (χ0) is 23.4. The van der Waals surface area contributed by atoms with Crippen molar-refractivity contribution < 1.29 is 23.1 Å². The van der Waals surface area contributed by atoms with Gasteiger partial charge in [-0.05, 0) is 38.0 Å². The SMILES string of the molecule is CC(OC(=O)N/C(=C(/N)c1ccc(C(=O)NC2CC2)cn1)N(C)N)c1cc(F)cnc1F. The summed E-state index contributed by atoms with van der Waals surface area (Å²) < 4.78 is 32.2. The first-order valence-corrected chi connectivity index (χ1v) is 9.69. The van der Waals surface area contributed by atoms with Gasteiger partial charge in [-0.25, -0.2) is 20.0 Å². The first kappa shape index (κ1) is 22.9. The Morgan fingerprint density at radius 1 is 1.25 bits per heavy atom. The van der Waals surface area contributed by atoms with Gasteiger partial charge in [0.05, 0.1) is 23.0 Å². The highest BCUT2D eigenvalue weighted by atomic mass is 19.1. The third-order valence-corrected chi connectivity index (χ3v) is 4.60. The van der Waals surface area contributed by atoms with Gasteiger partial charge in [-0.3, -0.25) is 20.1 Å². The highest BCUT2D eigenvalue weighted by Crippen LogP contribution is 2.21. The smallest absolute Gasteiger partial charge is 0.413 e. The van der Waals surface area contributed by atoms with Crippen LogP contribution >= 0.6 is 0 Å². The minimum Gasteiger partial charge on any atom is -0.441 e. The van der Waals surface area contributed by atoms with Crippen molar-refractivity contribution >= 4 is 17.7 Å². The van der Waals surface area contributed by atoms with E-state index in [1.54, 1.807) is 6.07 Å². The number of hydrogen-bond donors (Lipinski definition) is 4. The lowest BCUT2D eigenvalue weighted by Crippen LogP contribution is -2.39. The second-order valence-corrected chi connectivity index (χ2v) is 7.26. The monoisotopic (exact) mass is 447 g/mol. The van der Waals surface area contributed by atoms with E-state index in [0.717, 1.165) is 23.9 Å². The first-order chi connectivity index (χ1) is 15.2. The van der Waals surface area contributed by atoms with E-state index < -0.39 is 24.0 Å². The van der Waals surface area contributed by atoms with Crippen LogP contribution in [0.4, 0.5) is 13.6 Å². The van der Waals surface area contributed by atoms with Crippen LogP contribution in [0.25, 0.3) is 5.70 Å². The van der Waals surface area contributed by atoms with Crippen molar-refractivity contribution in [3.05, 3.63) is 65.0 Å². The number of amides is 2. The van der Waals surface area contributed by atoms with Crippen molar-refractivity contribution in [3.8, 4) is 0 Å². The molecule has 2 aromatic rings. The molecule has 32 heavy (non-hydrogen) atoms. The van der Waals surface area contributed by atoms with Gasteiger partial charge >= 0.3 is 6.09 Å². The molecule has 170 valence electrons. The molecule has 2 amide bonds. The van der Waals surface area contributed by atoms with Gasteiger partial charge in [0.15, 0.2) is 5.82 Å². The number of nitrogens with one attached hydrogen (secondary N) is 2. The molecule has 10 nitrogen and oxygen atoms in total. The minimum absolute atomic E-state index is 0.00708. The molecular formula is C20H23F2N7O3. The number of hydrogen-bond acceptors (Lipinski definition) is 8. The van der Waals surface area contributed by atoms with E-state index in [2.05, 4.69) is 20.6 Å². The van der Waals surface area contributed by atoms with Gasteiger partial charge in [-0.2, -0.15) is 4.39 Å². The van der Waals surface area contributed by atoms with E-state index in [0.29, 0.717) is 11.8 Å². The van der Waals surface area contributed by atoms with Crippen LogP contribution in [0.2, 0.25) is 0 Å². The summed E-state index contributed by atoms with van der Waals surface area (Å²) in [5.74, 6) is 3.73. The summed E-state index contributed by atoms with van der Waals surface area (Å²) in [5, 5.41) is 6.23. The van der Waals surface area contributed by atoms with Crippen LogP contribution in [0.3, 0.4) is 0 Å². The highest BCUT2D eigenvalue weighted by molar-refractivity contribution is 5.94. The van der Waals surface area contributed by atoms with Gasteiger partial charge in [0.1, 0.15) is 17.6 Å². The number of halogens is 2. The Labute approximate surface area is 182 Å². The number of carbonyl (C=O) groups excluding carboxylic acids is 2. The average Bonchev–Trinajstić information content (AvgIpc) is 3.57.